The van der Waals surface area contributed by atoms with Crippen molar-refractivity contribution in [3.05, 3.63) is 10.2 Å². The van der Waals surface area contributed by atoms with E-state index in [1.165, 1.54) is 41.7 Å². The van der Waals surface area contributed by atoms with E-state index in [1.54, 1.807) is 0 Å². The molecule has 1 aliphatic heterocycles. The summed E-state index contributed by atoms with van der Waals surface area (Å²) in [6, 6.07) is 0.496. The molecule has 1 aromatic rings. The van der Waals surface area contributed by atoms with Crippen molar-refractivity contribution < 1.29 is 0 Å². The quantitative estimate of drug-likeness (QED) is 0.810. The normalized spacial score (nSPS) is 24.3. The van der Waals surface area contributed by atoms with Crippen molar-refractivity contribution in [3.8, 4) is 0 Å². The summed E-state index contributed by atoms with van der Waals surface area (Å²) in [7, 11) is 0. The maximum absolute atomic E-state index is 4.99. The summed E-state index contributed by atoms with van der Waals surface area (Å²) in [6.07, 6.45) is 6.48. The van der Waals surface area contributed by atoms with E-state index in [0.29, 0.717) is 12.0 Å². The van der Waals surface area contributed by atoms with E-state index in [9.17, 15) is 0 Å². The first-order valence-electron chi connectivity index (χ1n) is 7.50. The van der Waals surface area contributed by atoms with Gasteiger partial charge in [0.1, 0.15) is 5.82 Å². The van der Waals surface area contributed by atoms with Crippen LogP contribution in [0.1, 0.15) is 70.5 Å². The van der Waals surface area contributed by atoms with Crippen LogP contribution in [0.2, 0.25) is 0 Å². The van der Waals surface area contributed by atoms with Crippen LogP contribution < -0.4 is 5.32 Å². The van der Waals surface area contributed by atoms with Crippen molar-refractivity contribution in [2.75, 3.05) is 11.9 Å². The molecule has 0 aromatic carbocycles. The van der Waals surface area contributed by atoms with Gasteiger partial charge in [0.25, 0.3) is 0 Å². The summed E-state index contributed by atoms with van der Waals surface area (Å²) in [6.45, 7) is 8.00. The molecule has 19 heavy (non-hydrogen) atoms. The first kappa shape index (κ1) is 13.5. The van der Waals surface area contributed by atoms with Gasteiger partial charge in [0, 0.05) is 12.5 Å². The van der Waals surface area contributed by atoms with Gasteiger partial charge in [-0.3, -0.25) is 0 Å². The largest absolute Gasteiger partial charge is 0.369 e. The highest BCUT2D eigenvalue weighted by molar-refractivity contribution is 9.10. The Hall–Kier alpha value is -0.510. The first-order chi connectivity index (χ1) is 8.98. The molecule has 0 radical (unpaired) electrons. The van der Waals surface area contributed by atoms with Crippen LogP contribution in [0.15, 0.2) is 4.47 Å². The maximum atomic E-state index is 4.99. The van der Waals surface area contributed by atoms with Crippen LogP contribution in [0.5, 0.6) is 0 Å². The standard InChI is InChI=1S/C15H24BrN3/c1-15(2,3)11-8-9-17-14-12(16)13(18-19(11)14)10-6-4-5-7-10/h10-11,17H,4-9H2,1-3H3. The molecular formula is C15H24BrN3. The fourth-order valence-corrected chi connectivity index (χ4v) is 4.25. The van der Waals surface area contributed by atoms with Gasteiger partial charge in [-0.2, -0.15) is 5.10 Å². The van der Waals surface area contributed by atoms with Crippen molar-refractivity contribution in [2.45, 2.75) is 64.8 Å². The zero-order valence-corrected chi connectivity index (χ0v) is 13.8. The van der Waals surface area contributed by atoms with Crippen molar-refractivity contribution in [2.24, 2.45) is 5.41 Å². The molecule has 1 saturated carbocycles. The van der Waals surface area contributed by atoms with Crippen LogP contribution in [0.25, 0.3) is 0 Å². The van der Waals surface area contributed by atoms with E-state index in [-0.39, 0.29) is 5.41 Å². The number of anilines is 1. The minimum absolute atomic E-state index is 0.259. The van der Waals surface area contributed by atoms with E-state index >= 15 is 0 Å². The predicted molar refractivity (Wildman–Crippen MR) is 82.7 cm³/mol. The molecule has 2 heterocycles. The van der Waals surface area contributed by atoms with E-state index in [4.69, 9.17) is 5.10 Å². The summed E-state index contributed by atoms with van der Waals surface area (Å²) < 4.78 is 3.47. The van der Waals surface area contributed by atoms with Gasteiger partial charge in [-0.15, -0.1) is 0 Å². The van der Waals surface area contributed by atoms with Crippen molar-refractivity contribution in [3.63, 3.8) is 0 Å². The first-order valence-corrected chi connectivity index (χ1v) is 8.29. The Morgan fingerprint density at radius 2 is 1.89 bits per heavy atom. The Morgan fingerprint density at radius 1 is 1.21 bits per heavy atom. The highest BCUT2D eigenvalue weighted by Gasteiger charge is 2.35. The summed E-state index contributed by atoms with van der Waals surface area (Å²) in [5.41, 5.74) is 1.55. The number of hydrogen-bond acceptors (Lipinski definition) is 2. The Labute approximate surface area is 124 Å². The molecule has 106 valence electrons. The molecule has 2 aliphatic rings. The lowest BCUT2D eigenvalue weighted by Gasteiger charge is -2.35. The second kappa shape index (κ2) is 4.80. The molecular weight excluding hydrogens is 302 g/mol. The highest BCUT2D eigenvalue weighted by Crippen LogP contribution is 2.45. The second-order valence-electron chi connectivity index (χ2n) is 7.07. The van der Waals surface area contributed by atoms with Gasteiger partial charge in [-0.05, 0) is 40.6 Å². The average Bonchev–Trinajstić information content (AvgIpc) is 2.96. The third kappa shape index (κ3) is 2.32. The number of aromatic nitrogens is 2. The molecule has 1 unspecified atom stereocenters. The van der Waals surface area contributed by atoms with E-state index in [1.807, 2.05) is 0 Å². The maximum Gasteiger partial charge on any atom is 0.139 e. The van der Waals surface area contributed by atoms with Crippen LogP contribution in [0.4, 0.5) is 5.82 Å². The zero-order valence-electron chi connectivity index (χ0n) is 12.2. The van der Waals surface area contributed by atoms with Crippen LogP contribution in [0, 0.1) is 5.41 Å². The molecule has 0 saturated heterocycles. The lowest BCUT2D eigenvalue weighted by molar-refractivity contribution is 0.209. The monoisotopic (exact) mass is 325 g/mol. The molecule has 3 rings (SSSR count). The van der Waals surface area contributed by atoms with E-state index in [0.717, 1.165) is 13.0 Å². The van der Waals surface area contributed by atoms with Crippen LogP contribution in [-0.2, 0) is 0 Å². The predicted octanol–water partition coefficient (Wildman–Crippen LogP) is 4.71. The zero-order chi connectivity index (χ0) is 13.6. The van der Waals surface area contributed by atoms with Gasteiger partial charge in [0.15, 0.2) is 0 Å². The van der Waals surface area contributed by atoms with Gasteiger partial charge in [0.05, 0.1) is 16.2 Å². The third-order valence-corrected chi connectivity index (χ3v) is 5.41. The minimum atomic E-state index is 0.259. The summed E-state index contributed by atoms with van der Waals surface area (Å²) in [5, 5.41) is 8.52. The number of hydrogen-bond donors (Lipinski definition) is 1. The highest BCUT2D eigenvalue weighted by atomic mass is 79.9. The van der Waals surface area contributed by atoms with Crippen LogP contribution in [0.3, 0.4) is 0 Å². The fourth-order valence-electron chi connectivity index (χ4n) is 3.53. The van der Waals surface area contributed by atoms with Crippen molar-refractivity contribution in [1.82, 2.24) is 9.78 Å². The SMILES string of the molecule is CC(C)(C)C1CCNc2c(Br)c(C3CCCC3)nn21. The topological polar surface area (TPSA) is 29.9 Å². The summed E-state index contributed by atoms with van der Waals surface area (Å²) in [4.78, 5) is 0. The molecule has 4 heteroatoms. The smallest absolute Gasteiger partial charge is 0.139 e. The molecule has 0 bridgehead atoms. The van der Waals surface area contributed by atoms with Crippen molar-refractivity contribution >= 4 is 21.7 Å². The van der Waals surface area contributed by atoms with Crippen LogP contribution >= 0.6 is 15.9 Å². The summed E-state index contributed by atoms with van der Waals surface area (Å²) in [5.74, 6) is 1.86. The Morgan fingerprint density at radius 3 is 2.53 bits per heavy atom. The molecule has 1 aliphatic carbocycles. The molecule has 1 N–H and O–H groups in total. The molecule has 3 nitrogen and oxygen atoms in total. The lowest BCUT2D eigenvalue weighted by Crippen LogP contribution is -2.32. The van der Waals surface area contributed by atoms with E-state index < -0.39 is 0 Å². The molecule has 0 amide bonds. The third-order valence-electron chi connectivity index (χ3n) is 4.62. The fraction of sp³-hybridized carbons (Fsp3) is 0.800. The number of rotatable bonds is 1. The number of nitrogens with zero attached hydrogens (tertiary/aromatic N) is 2. The molecule has 1 fully saturated rings. The van der Waals surface area contributed by atoms with Gasteiger partial charge < -0.3 is 5.32 Å². The number of halogens is 1. The van der Waals surface area contributed by atoms with Crippen molar-refractivity contribution in [1.29, 1.82) is 0 Å². The Kier molecular flexibility index (Phi) is 3.40. The minimum Gasteiger partial charge on any atom is -0.369 e. The summed E-state index contributed by atoms with van der Waals surface area (Å²) >= 11 is 3.80. The lowest BCUT2D eigenvalue weighted by atomic mass is 9.84. The molecule has 1 atom stereocenters. The number of nitrogens with one attached hydrogen (secondary N) is 1. The van der Waals surface area contributed by atoms with Crippen LogP contribution in [-0.4, -0.2) is 16.3 Å². The number of fused-ring (bicyclic) bond motifs is 1. The second-order valence-corrected chi connectivity index (χ2v) is 7.86. The Bertz CT molecular complexity index is 466. The molecule has 1 aromatic heterocycles. The van der Waals surface area contributed by atoms with Gasteiger partial charge in [0.2, 0.25) is 0 Å². The van der Waals surface area contributed by atoms with Gasteiger partial charge >= 0.3 is 0 Å². The van der Waals surface area contributed by atoms with Gasteiger partial charge in [-0.25, -0.2) is 4.68 Å². The van der Waals surface area contributed by atoms with Gasteiger partial charge in [-0.1, -0.05) is 33.6 Å². The Balaban J connectivity index is 2.01. The molecule has 0 spiro atoms. The van der Waals surface area contributed by atoms with E-state index in [2.05, 4.69) is 46.7 Å². The average molecular weight is 326 g/mol.